The molecule has 0 bridgehead atoms. The van der Waals surface area contributed by atoms with E-state index in [9.17, 15) is 0 Å². The van der Waals surface area contributed by atoms with Crippen LogP contribution in [0, 0.1) is 6.92 Å². The highest BCUT2D eigenvalue weighted by atomic mass is 32.1. The lowest BCUT2D eigenvalue weighted by molar-refractivity contribution is 0.414. The van der Waals surface area contributed by atoms with E-state index < -0.39 is 0 Å². The van der Waals surface area contributed by atoms with Crippen LogP contribution in [0.15, 0.2) is 42.6 Å². The summed E-state index contributed by atoms with van der Waals surface area (Å²) in [7, 11) is 1.66. The van der Waals surface area contributed by atoms with Gasteiger partial charge >= 0.3 is 0 Å². The minimum absolute atomic E-state index is 0.0985. The third-order valence-corrected chi connectivity index (χ3v) is 3.34. The second-order valence-electron chi connectivity index (χ2n) is 4.81. The van der Waals surface area contributed by atoms with E-state index in [0.29, 0.717) is 5.11 Å². The fourth-order valence-electron chi connectivity index (χ4n) is 1.87. The number of pyridine rings is 1. The number of ether oxygens (including phenoxy) is 1. The van der Waals surface area contributed by atoms with Gasteiger partial charge in [0.15, 0.2) is 5.11 Å². The van der Waals surface area contributed by atoms with Gasteiger partial charge in [0.2, 0.25) is 0 Å². The summed E-state index contributed by atoms with van der Waals surface area (Å²) >= 11 is 5.31. The van der Waals surface area contributed by atoms with Crippen molar-refractivity contribution < 1.29 is 4.74 Å². The summed E-state index contributed by atoms with van der Waals surface area (Å²) in [4.78, 5) is 4.27. The molecule has 21 heavy (non-hydrogen) atoms. The minimum atomic E-state index is 0.0985. The maximum atomic E-state index is 5.31. The van der Waals surface area contributed by atoms with Gasteiger partial charge in [0.05, 0.1) is 13.2 Å². The van der Waals surface area contributed by atoms with Gasteiger partial charge in [0.1, 0.15) is 11.6 Å². The number of methoxy groups -OCH3 is 1. The summed E-state index contributed by atoms with van der Waals surface area (Å²) in [5.74, 6) is 1.58. The summed E-state index contributed by atoms with van der Waals surface area (Å²) in [5, 5.41) is 6.86. The van der Waals surface area contributed by atoms with Crippen molar-refractivity contribution in [3.8, 4) is 5.75 Å². The van der Waals surface area contributed by atoms with Crippen LogP contribution in [0.1, 0.15) is 24.1 Å². The van der Waals surface area contributed by atoms with Crippen LogP contribution < -0.4 is 15.4 Å². The largest absolute Gasteiger partial charge is 0.497 e. The molecule has 0 aliphatic rings. The fourth-order valence-corrected chi connectivity index (χ4v) is 2.15. The monoisotopic (exact) mass is 301 g/mol. The van der Waals surface area contributed by atoms with Crippen molar-refractivity contribution in [1.82, 2.24) is 10.3 Å². The Labute approximate surface area is 130 Å². The van der Waals surface area contributed by atoms with Crippen LogP contribution in [0.3, 0.4) is 0 Å². The average molecular weight is 301 g/mol. The number of rotatable bonds is 4. The molecule has 2 aromatic rings. The topological polar surface area (TPSA) is 46.2 Å². The number of thiocarbonyl (C=S) groups is 1. The molecule has 2 rings (SSSR count). The molecule has 0 amide bonds. The molecule has 2 N–H and O–H groups in total. The molecular formula is C16H19N3OS. The Morgan fingerprint density at radius 2 is 1.90 bits per heavy atom. The summed E-state index contributed by atoms with van der Waals surface area (Å²) < 4.78 is 5.15. The third-order valence-electron chi connectivity index (χ3n) is 3.12. The normalized spacial score (nSPS) is 11.6. The smallest absolute Gasteiger partial charge is 0.172 e. The van der Waals surface area contributed by atoms with Gasteiger partial charge in [-0.1, -0.05) is 18.2 Å². The van der Waals surface area contributed by atoms with Crippen molar-refractivity contribution in [2.45, 2.75) is 19.9 Å². The predicted molar refractivity (Wildman–Crippen MR) is 89.7 cm³/mol. The van der Waals surface area contributed by atoms with Crippen LogP contribution in [-0.4, -0.2) is 17.2 Å². The first-order valence-corrected chi connectivity index (χ1v) is 7.13. The van der Waals surface area contributed by atoms with Crippen molar-refractivity contribution in [2.24, 2.45) is 0 Å². The lowest BCUT2D eigenvalue weighted by Gasteiger charge is -2.17. The van der Waals surface area contributed by atoms with Gasteiger partial charge in [0.25, 0.3) is 0 Å². The Kier molecular flexibility index (Phi) is 5.11. The van der Waals surface area contributed by atoms with Crippen LogP contribution in [0.2, 0.25) is 0 Å². The molecule has 0 fully saturated rings. The molecule has 4 nitrogen and oxygen atoms in total. The van der Waals surface area contributed by atoms with Gasteiger partial charge in [-0.2, -0.15) is 0 Å². The molecule has 1 aromatic carbocycles. The SMILES string of the molecule is COc1ccc(C(C)NC(=S)Nc2ccc(C)cn2)cc1. The highest BCUT2D eigenvalue weighted by molar-refractivity contribution is 7.80. The minimum Gasteiger partial charge on any atom is -0.497 e. The van der Waals surface area contributed by atoms with Crippen molar-refractivity contribution in [2.75, 3.05) is 12.4 Å². The zero-order chi connectivity index (χ0) is 15.2. The number of nitrogens with one attached hydrogen (secondary N) is 2. The fraction of sp³-hybridized carbons (Fsp3) is 0.250. The van der Waals surface area contributed by atoms with Crippen LogP contribution in [0.25, 0.3) is 0 Å². The van der Waals surface area contributed by atoms with E-state index in [1.807, 2.05) is 43.3 Å². The van der Waals surface area contributed by atoms with E-state index in [4.69, 9.17) is 17.0 Å². The highest BCUT2D eigenvalue weighted by Gasteiger charge is 2.07. The van der Waals surface area contributed by atoms with Crippen LogP contribution >= 0.6 is 12.2 Å². The first-order valence-electron chi connectivity index (χ1n) is 6.72. The summed E-state index contributed by atoms with van der Waals surface area (Å²) in [6.45, 7) is 4.05. The molecule has 110 valence electrons. The van der Waals surface area contributed by atoms with E-state index in [1.165, 1.54) is 0 Å². The maximum absolute atomic E-state index is 5.31. The first kappa shape index (κ1) is 15.3. The maximum Gasteiger partial charge on any atom is 0.172 e. The number of hydrogen-bond acceptors (Lipinski definition) is 3. The van der Waals surface area contributed by atoms with Gasteiger partial charge in [-0.15, -0.1) is 0 Å². The highest BCUT2D eigenvalue weighted by Crippen LogP contribution is 2.17. The van der Waals surface area contributed by atoms with Gasteiger partial charge in [-0.05, 0) is 55.4 Å². The number of aromatic nitrogens is 1. The number of anilines is 1. The summed E-state index contributed by atoms with van der Waals surface area (Å²) in [6.07, 6.45) is 1.80. The third kappa shape index (κ3) is 4.43. The van der Waals surface area contributed by atoms with Crippen molar-refractivity contribution in [1.29, 1.82) is 0 Å². The van der Waals surface area contributed by atoms with Crippen LogP contribution in [-0.2, 0) is 0 Å². The van der Waals surface area contributed by atoms with Gasteiger partial charge in [-0.25, -0.2) is 4.98 Å². The first-order chi connectivity index (χ1) is 10.1. The molecular weight excluding hydrogens is 282 g/mol. The van der Waals surface area contributed by atoms with Crippen LogP contribution in [0.5, 0.6) is 5.75 Å². The van der Waals surface area contributed by atoms with Crippen molar-refractivity contribution in [3.05, 3.63) is 53.7 Å². The van der Waals surface area contributed by atoms with Gasteiger partial charge < -0.3 is 15.4 Å². The second-order valence-corrected chi connectivity index (χ2v) is 5.22. The number of nitrogens with zero attached hydrogens (tertiary/aromatic N) is 1. The number of hydrogen-bond donors (Lipinski definition) is 2. The quantitative estimate of drug-likeness (QED) is 0.847. The number of aryl methyl sites for hydroxylation is 1. The van der Waals surface area contributed by atoms with Gasteiger partial charge in [0, 0.05) is 6.20 Å². The zero-order valence-corrected chi connectivity index (χ0v) is 13.2. The van der Waals surface area contributed by atoms with E-state index in [2.05, 4.69) is 22.5 Å². The molecule has 1 heterocycles. The zero-order valence-electron chi connectivity index (χ0n) is 12.4. The second kappa shape index (κ2) is 7.04. The lowest BCUT2D eigenvalue weighted by atomic mass is 10.1. The standard InChI is InChI=1S/C16H19N3OS/c1-11-4-9-15(17-10-11)19-16(21)18-12(2)13-5-7-14(20-3)8-6-13/h4-10,12H,1-3H3,(H2,17,18,19,21). The van der Waals surface area contributed by atoms with Gasteiger partial charge in [-0.3, -0.25) is 0 Å². The molecule has 0 radical (unpaired) electrons. The Morgan fingerprint density at radius 1 is 1.19 bits per heavy atom. The summed E-state index contributed by atoms with van der Waals surface area (Å²) in [5.41, 5.74) is 2.25. The lowest BCUT2D eigenvalue weighted by Crippen LogP contribution is -2.31. The van der Waals surface area contributed by atoms with E-state index >= 15 is 0 Å². The molecule has 0 aliphatic carbocycles. The molecule has 0 saturated heterocycles. The molecule has 0 saturated carbocycles. The Morgan fingerprint density at radius 3 is 2.48 bits per heavy atom. The summed E-state index contributed by atoms with van der Waals surface area (Å²) in [6, 6.07) is 11.9. The van der Waals surface area contributed by atoms with E-state index in [1.54, 1.807) is 13.3 Å². The van der Waals surface area contributed by atoms with Crippen molar-refractivity contribution >= 4 is 23.1 Å². The average Bonchev–Trinajstić information content (AvgIpc) is 2.49. The molecule has 1 aromatic heterocycles. The Balaban J connectivity index is 1.93. The van der Waals surface area contributed by atoms with E-state index in [0.717, 1.165) is 22.7 Å². The number of benzene rings is 1. The predicted octanol–water partition coefficient (Wildman–Crippen LogP) is 3.45. The molecule has 1 atom stereocenters. The van der Waals surface area contributed by atoms with Crippen LogP contribution in [0.4, 0.5) is 5.82 Å². The molecule has 0 aliphatic heterocycles. The molecule has 0 spiro atoms. The van der Waals surface area contributed by atoms with E-state index in [-0.39, 0.29) is 6.04 Å². The Hall–Kier alpha value is -2.14. The molecule has 1 unspecified atom stereocenters. The Bertz CT molecular complexity index is 596. The molecule has 5 heteroatoms. The van der Waals surface area contributed by atoms with Crippen molar-refractivity contribution in [3.63, 3.8) is 0 Å².